The third-order valence-corrected chi connectivity index (χ3v) is 3.88. The first-order valence-corrected chi connectivity index (χ1v) is 8.32. The first-order chi connectivity index (χ1) is 13.2. The van der Waals surface area contributed by atoms with Gasteiger partial charge in [-0.3, -0.25) is 14.6 Å². The number of hydrogen-bond donors (Lipinski definition) is 2. The zero-order chi connectivity index (χ0) is 19.1. The number of amides is 2. The van der Waals surface area contributed by atoms with E-state index < -0.39 is 0 Å². The van der Waals surface area contributed by atoms with Gasteiger partial charge in [0, 0.05) is 18.9 Å². The van der Waals surface area contributed by atoms with Crippen LogP contribution in [-0.4, -0.2) is 23.9 Å². The zero-order valence-electron chi connectivity index (χ0n) is 14.8. The first kappa shape index (κ1) is 18.2. The summed E-state index contributed by atoms with van der Waals surface area (Å²) in [7, 11) is 1.60. The molecule has 0 bridgehead atoms. The van der Waals surface area contributed by atoms with E-state index in [-0.39, 0.29) is 18.4 Å². The highest BCUT2D eigenvalue weighted by Crippen LogP contribution is 2.11. The molecule has 2 N–H and O–H groups in total. The molecule has 27 heavy (non-hydrogen) atoms. The molecule has 2 aromatic heterocycles. The van der Waals surface area contributed by atoms with Crippen molar-refractivity contribution < 1.29 is 18.7 Å². The predicted molar refractivity (Wildman–Crippen MR) is 98.3 cm³/mol. The van der Waals surface area contributed by atoms with Crippen molar-refractivity contribution in [3.05, 3.63) is 83.6 Å². The monoisotopic (exact) mass is 365 g/mol. The molecule has 2 heterocycles. The number of methoxy groups -OCH3 is 1. The fourth-order valence-corrected chi connectivity index (χ4v) is 2.40. The van der Waals surface area contributed by atoms with E-state index in [0.29, 0.717) is 23.4 Å². The lowest BCUT2D eigenvalue weighted by atomic mass is 10.1. The molecule has 2 amide bonds. The van der Waals surface area contributed by atoms with Gasteiger partial charge in [0.15, 0.2) is 0 Å². The van der Waals surface area contributed by atoms with Crippen LogP contribution in [0.3, 0.4) is 0 Å². The largest absolute Gasteiger partial charge is 0.497 e. The Labute approximate surface area is 156 Å². The van der Waals surface area contributed by atoms with Gasteiger partial charge in [-0.2, -0.15) is 0 Å². The van der Waals surface area contributed by atoms with E-state index in [0.717, 1.165) is 11.3 Å². The van der Waals surface area contributed by atoms with Crippen molar-refractivity contribution in [1.29, 1.82) is 0 Å². The number of furan rings is 1. The molecular formula is C20H19N3O4. The number of aromatic nitrogens is 1. The Hall–Kier alpha value is -3.61. The second kappa shape index (κ2) is 8.66. The summed E-state index contributed by atoms with van der Waals surface area (Å²) in [6.07, 6.45) is 4.38. The van der Waals surface area contributed by atoms with Crippen LogP contribution in [0.15, 0.2) is 65.5 Å². The van der Waals surface area contributed by atoms with Crippen molar-refractivity contribution in [2.24, 2.45) is 0 Å². The Morgan fingerprint density at radius 1 is 1.00 bits per heavy atom. The standard InChI is InChI=1S/C20H19N3O4/c1-26-17-6-4-14(5-7-17)10-22-19(24)15-9-16(12-21-11-15)20(25)23-13-18-3-2-8-27-18/h2-9,11-12H,10,13H2,1H3,(H,22,24)(H,23,25). The van der Waals surface area contributed by atoms with Crippen LogP contribution >= 0.6 is 0 Å². The highest BCUT2D eigenvalue weighted by atomic mass is 16.5. The summed E-state index contributed by atoms with van der Waals surface area (Å²) < 4.78 is 10.3. The Kier molecular flexibility index (Phi) is 5.84. The van der Waals surface area contributed by atoms with Gasteiger partial charge in [-0.05, 0) is 35.9 Å². The van der Waals surface area contributed by atoms with Crippen LogP contribution in [-0.2, 0) is 13.1 Å². The molecule has 0 aliphatic rings. The summed E-state index contributed by atoms with van der Waals surface area (Å²) in [4.78, 5) is 28.5. The Balaban J connectivity index is 1.58. The number of pyridine rings is 1. The molecule has 138 valence electrons. The van der Waals surface area contributed by atoms with E-state index in [4.69, 9.17) is 9.15 Å². The predicted octanol–water partition coefficient (Wildman–Crippen LogP) is 2.54. The lowest BCUT2D eigenvalue weighted by Gasteiger charge is -2.08. The van der Waals surface area contributed by atoms with E-state index in [1.54, 1.807) is 19.2 Å². The normalized spacial score (nSPS) is 10.3. The van der Waals surface area contributed by atoms with Gasteiger partial charge in [0.25, 0.3) is 11.8 Å². The van der Waals surface area contributed by atoms with Crippen LogP contribution in [0.2, 0.25) is 0 Å². The molecule has 0 saturated heterocycles. The van der Waals surface area contributed by atoms with Gasteiger partial charge in [-0.25, -0.2) is 0 Å². The summed E-state index contributed by atoms with van der Waals surface area (Å²) in [5.41, 5.74) is 1.55. The summed E-state index contributed by atoms with van der Waals surface area (Å²) in [5.74, 6) is 0.759. The molecule has 0 aliphatic carbocycles. The molecule has 0 atom stereocenters. The summed E-state index contributed by atoms with van der Waals surface area (Å²) in [6, 6.07) is 12.4. The second-order valence-corrected chi connectivity index (χ2v) is 5.76. The number of carbonyl (C=O) groups excluding carboxylic acids is 2. The number of rotatable bonds is 7. The number of ether oxygens (including phenoxy) is 1. The SMILES string of the molecule is COc1ccc(CNC(=O)c2cncc(C(=O)NCc3ccco3)c2)cc1. The molecule has 3 rings (SSSR count). The highest BCUT2D eigenvalue weighted by molar-refractivity contribution is 5.99. The van der Waals surface area contributed by atoms with Gasteiger partial charge in [-0.1, -0.05) is 12.1 Å². The minimum Gasteiger partial charge on any atom is -0.497 e. The van der Waals surface area contributed by atoms with E-state index >= 15 is 0 Å². The van der Waals surface area contributed by atoms with Crippen molar-refractivity contribution in [3.63, 3.8) is 0 Å². The smallest absolute Gasteiger partial charge is 0.253 e. The van der Waals surface area contributed by atoms with E-state index in [9.17, 15) is 9.59 Å². The maximum atomic E-state index is 12.3. The highest BCUT2D eigenvalue weighted by Gasteiger charge is 2.11. The van der Waals surface area contributed by atoms with Crippen molar-refractivity contribution in [2.75, 3.05) is 7.11 Å². The van der Waals surface area contributed by atoms with E-state index in [1.807, 2.05) is 24.3 Å². The number of carbonyl (C=O) groups is 2. The fraction of sp³-hybridized carbons (Fsp3) is 0.150. The van der Waals surface area contributed by atoms with Crippen LogP contribution in [0.4, 0.5) is 0 Å². The van der Waals surface area contributed by atoms with E-state index in [1.165, 1.54) is 24.7 Å². The molecule has 7 heteroatoms. The molecule has 1 aromatic carbocycles. The second-order valence-electron chi connectivity index (χ2n) is 5.76. The molecule has 0 spiro atoms. The Morgan fingerprint density at radius 3 is 2.26 bits per heavy atom. The molecule has 0 fully saturated rings. The first-order valence-electron chi connectivity index (χ1n) is 8.32. The van der Waals surface area contributed by atoms with Crippen LogP contribution in [0.5, 0.6) is 5.75 Å². The Bertz CT molecular complexity index is 905. The van der Waals surface area contributed by atoms with Gasteiger partial charge < -0.3 is 19.8 Å². The van der Waals surface area contributed by atoms with E-state index in [2.05, 4.69) is 15.6 Å². The molecule has 7 nitrogen and oxygen atoms in total. The van der Waals surface area contributed by atoms with Crippen LogP contribution in [0.25, 0.3) is 0 Å². The van der Waals surface area contributed by atoms with Crippen molar-refractivity contribution in [1.82, 2.24) is 15.6 Å². The zero-order valence-corrected chi connectivity index (χ0v) is 14.8. The quantitative estimate of drug-likeness (QED) is 0.671. The average molecular weight is 365 g/mol. The minimum absolute atomic E-state index is 0.264. The molecule has 3 aromatic rings. The van der Waals surface area contributed by atoms with Crippen LogP contribution in [0.1, 0.15) is 32.0 Å². The number of hydrogen-bond acceptors (Lipinski definition) is 5. The molecule has 0 aliphatic heterocycles. The minimum atomic E-state index is -0.330. The van der Waals surface area contributed by atoms with Gasteiger partial charge in [0.2, 0.25) is 0 Å². The molecule has 0 saturated carbocycles. The number of benzene rings is 1. The Morgan fingerprint density at radius 2 is 1.67 bits per heavy atom. The van der Waals surface area contributed by atoms with Crippen molar-refractivity contribution in [2.45, 2.75) is 13.1 Å². The van der Waals surface area contributed by atoms with Gasteiger partial charge in [-0.15, -0.1) is 0 Å². The topological polar surface area (TPSA) is 93.5 Å². The lowest BCUT2D eigenvalue weighted by molar-refractivity contribution is 0.0947. The van der Waals surface area contributed by atoms with Crippen LogP contribution in [0, 0.1) is 0 Å². The maximum Gasteiger partial charge on any atom is 0.253 e. The molecule has 0 radical (unpaired) electrons. The fourth-order valence-electron chi connectivity index (χ4n) is 2.40. The van der Waals surface area contributed by atoms with Gasteiger partial charge in [0.05, 0.1) is 31.0 Å². The van der Waals surface area contributed by atoms with Crippen molar-refractivity contribution in [3.8, 4) is 5.75 Å². The van der Waals surface area contributed by atoms with Gasteiger partial charge >= 0.3 is 0 Å². The third kappa shape index (κ3) is 4.94. The number of nitrogens with zero attached hydrogens (tertiary/aromatic N) is 1. The average Bonchev–Trinajstić information content (AvgIpc) is 3.24. The molecule has 0 unspecified atom stereocenters. The lowest BCUT2D eigenvalue weighted by Crippen LogP contribution is -2.25. The third-order valence-electron chi connectivity index (χ3n) is 3.88. The van der Waals surface area contributed by atoms with Crippen molar-refractivity contribution >= 4 is 11.8 Å². The maximum absolute atomic E-state index is 12.3. The van der Waals surface area contributed by atoms with Crippen LogP contribution < -0.4 is 15.4 Å². The number of nitrogens with one attached hydrogen (secondary N) is 2. The summed E-state index contributed by atoms with van der Waals surface area (Å²) >= 11 is 0. The van der Waals surface area contributed by atoms with Gasteiger partial charge in [0.1, 0.15) is 11.5 Å². The summed E-state index contributed by atoms with van der Waals surface area (Å²) in [6.45, 7) is 0.622. The summed E-state index contributed by atoms with van der Waals surface area (Å²) in [5, 5.41) is 5.53. The molecular weight excluding hydrogens is 346 g/mol.